The zero-order chi connectivity index (χ0) is 29.4. The molecule has 0 atom stereocenters. The van der Waals surface area contributed by atoms with Crippen molar-refractivity contribution in [1.29, 1.82) is 5.26 Å². The predicted molar refractivity (Wildman–Crippen MR) is 156 cm³/mol. The minimum absolute atomic E-state index is 0.0535. The van der Waals surface area contributed by atoms with Crippen LogP contribution in [-0.4, -0.2) is 78.7 Å². The number of carbonyl (C=O) groups excluding carboxylic acids is 1. The van der Waals surface area contributed by atoms with Crippen LogP contribution in [0.4, 0.5) is 28.7 Å². The van der Waals surface area contributed by atoms with Crippen LogP contribution in [0.3, 0.4) is 0 Å². The van der Waals surface area contributed by atoms with Crippen LogP contribution < -0.4 is 19.9 Å². The fraction of sp³-hybridized carbons (Fsp3) is 0.286. The predicted octanol–water partition coefficient (Wildman–Crippen LogP) is 3.60. The molecule has 0 bridgehead atoms. The lowest BCUT2D eigenvalue weighted by Gasteiger charge is -2.24. The molecule has 0 saturated carbocycles. The molecule has 1 aliphatic heterocycles. The number of para-hydroxylation sites is 1. The second-order valence-electron chi connectivity index (χ2n) is 10.0. The van der Waals surface area contributed by atoms with Crippen molar-refractivity contribution < 1.29 is 14.5 Å². The first-order valence-electron chi connectivity index (χ1n) is 12.8. The molecule has 0 unspecified atom stereocenters. The molecule has 210 valence electrons. The first-order valence-corrected chi connectivity index (χ1v) is 12.8. The van der Waals surface area contributed by atoms with Crippen LogP contribution in [0.25, 0.3) is 22.2 Å². The van der Waals surface area contributed by atoms with Gasteiger partial charge in [-0.1, -0.05) is 12.1 Å². The molecule has 3 heterocycles. The molecule has 1 aliphatic rings. The number of likely N-dealkylation sites (N-methyl/N-ethyl adjacent to an activating group) is 3. The number of hydrogen-bond acceptors (Lipinski definition) is 10. The third-order valence-electron chi connectivity index (χ3n) is 7.12. The summed E-state index contributed by atoms with van der Waals surface area (Å²) in [5.74, 6) is 0.438. The SMILES string of the molecule is COc1cc(N(C)CCN(C)C)c([N+](=O)[O-])cc1Nc1ncc(C#N)c(-c2cn3c4c(cccc24)N(C)C(=O)C3)n1. The van der Waals surface area contributed by atoms with E-state index in [0.717, 1.165) is 16.6 Å². The van der Waals surface area contributed by atoms with E-state index in [9.17, 15) is 20.2 Å². The molecule has 0 aliphatic carbocycles. The quantitative estimate of drug-likeness (QED) is 0.240. The van der Waals surface area contributed by atoms with Crippen molar-refractivity contribution in [2.24, 2.45) is 0 Å². The number of methoxy groups -OCH3 is 1. The van der Waals surface area contributed by atoms with Crippen molar-refractivity contribution in [3.8, 4) is 23.1 Å². The first kappa shape index (κ1) is 27.4. The monoisotopic (exact) mass is 555 g/mol. The van der Waals surface area contributed by atoms with Crippen LogP contribution in [0, 0.1) is 21.4 Å². The second-order valence-corrected chi connectivity index (χ2v) is 10.0. The van der Waals surface area contributed by atoms with Crippen LogP contribution in [0.1, 0.15) is 5.56 Å². The van der Waals surface area contributed by atoms with Crippen LogP contribution >= 0.6 is 0 Å². The average molecular weight is 556 g/mol. The Morgan fingerprint density at radius 2 is 2.02 bits per heavy atom. The van der Waals surface area contributed by atoms with Gasteiger partial charge in [0.1, 0.15) is 24.1 Å². The molecular formula is C28H29N9O4. The Hall–Kier alpha value is -5.22. The van der Waals surface area contributed by atoms with E-state index in [1.54, 1.807) is 30.0 Å². The minimum Gasteiger partial charge on any atom is -0.494 e. The number of nitrogens with zero attached hydrogens (tertiary/aromatic N) is 8. The van der Waals surface area contributed by atoms with Crippen LogP contribution in [0.5, 0.6) is 5.75 Å². The molecule has 13 heteroatoms. The number of hydrogen-bond donors (Lipinski definition) is 1. The molecule has 1 N–H and O–H groups in total. The van der Waals surface area contributed by atoms with Gasteiger partial charge >= 0.3 is 0 Å². The topological polar surface area (TPSA) is 146 Å². The summed E-state index contributed by atoms with van der Waals surface area (Å²) >= 11 is 0. The van der Waals surface area contributed by atoms with Gasteiger partial charge in [-0.15, -0.1) is 0 Å². The number of rotatable bonds is 9. The summed E-state index contributed by atoms with van der Waals surface area (Å²) in [6.07, 6.45) is 3.22. The van der Waals surface area contributed by atoms with E-state index in [-0.39, 0.29) is 29.7 Å². The number of nitro groups is 1. The van der Waals surface area contributed by atoms with Crippen molar-refractivity contribution in [1.82, 2.24) is 19.4 Å². The number of aromatic nitrogens is 3. The third-order valence-corrected chi connectivity index (χ3v) is 7.12. The minimum atomic E-state index is -0.441. The van der Waals surface area contributed by atoms with Gasteiger partial charge in [-0.05, 0) is 20.2 Å². The zero-order valence-electron chi connectivity index (χ0n) is 23.4. The van der Waals surface area contributed by atoms with Crippen molar-refractivity contribution in [3.05, 3.63) is 58.4 Å². The van der Waals surface area contributed by atoms with Crippen LogP contribution in [0.2, 0.25) is 0 Å². The summed E-state index contributed by atoms with van der Waals surface area (Å²) < 4.78 is 7.43. The van der Waals surface area contributed by atoms with Crippen LogP contribution in [-0.2, 0) is 11.3 Å². The summed E-state index contributed by atoms with van der Waals surface area (Å²) in [5, 5.41) is 25.8. The highest BCUT2D eigenvalue weighted by Gasteiger charge is 2.27. The zero-order valence-corrected chi connectivity index (χ0v) is 23.4. The van der Waals surface area contributed by atoms with E-state index in [1.807, 2.05) is 48.0 Å². The Morgan fingerprint density at radius 1 is 1.24 bits per heavy atom. The molecule has 0 spiro atoms. The molecule has 4 aromatic rings. The molecular weight excluding hydrogens is 526 g/mol. The number of benzene rings is 2. The molecule has 2 aromatic heterocycles. The fourth-order valence-corrected chi connectivity index (χ4v) is 4.91. The summed E-state index contributed by atoms with van der Waals surface area (Å²) in [6, 6.07) is 10.8. The molecule has 0 fully saturated rings. The Bertz CT molecular complexity index is 1720. The van der Waals surface area contributed by atoms with Crippen molar-refractivity contribution in [2.75, 3.05) is 63.5 Å². The number of nitrogens with one attached hydrogen (secondary N) is 1. The van der Waals surface area contributed by atoms with E-state index in [4.69, 9.17) is 4.74 Å². The lowest BCUT2D eigenvalue weighted by Crippen LogP contribution is -2.33. The molecule has 41 heavy (non-hydrogen) atoms. The van der Waals surface area contributed by atoms with Gasteiger partial charge in [0.2, 0.25) is 11.9 Å². The molecule has 2 aromatic carbocycles. The largest absolute Gasteiger partial charge is 0.494 e. The maximum absolute atomic E-state index is 12.5. The summed E-state index contributed by atoms with van der Waals surface area (Å²) in [7, 11) is 8.87. The summed E-state index contributed by atoms with van der Waals surface area (Å²) in [5.41, 5.74) is 3.53. The van der Waals surface area contributed by atoms with Crippen molar-refractivity contribution in [3.63, 3.8) is 0 Å². The smallest absolute Gasteiger partial charge is 0.294 e. The maximum atomic E-state index is 12.5. The van der Waals surface area contributed by atoms with E-state index in [1.165, 1.54) is 19.4 Å². The van der Waals surface area contributed by atoms with Crippen molar-refractivity contribution in [2.45, 2.75) is 6.54 Å². The lowest BCUT2D eigenvalue weighted by atomic mass is 10.1. The number of carbonyl (C=O) groups is 1. The highest BCUT2D eigenvalue weighted by atomic mass is 16.6. The van der Waals surface area contributed by atoms with Gasteiger partial charge in [0.25, 0.3) is 5.69 Å². The number of anilines is 4. The maximum Gasteiger partial charge on any atom is 0.294 e. The van der Waals surface area contributed by atoms with Gasteiger partial charge in [0, 0.05) is 56.5 Å². The summed E-state index contributed by atoms with van der Waals surface area (Å²) in [6.45, 7) is 1.45. The normalized spacial score (nSPS) is 12.5. The fourth-order valence-electron chi connectivity index (χ4n) is 4.91. The Kier molecular flexibility index (Phi) is 7.17. The molecule has 0 saturated heterocycles. The highest BCUT2D eigenvalue weighted by Crippen LogP contribution is 2.41. The lowest BCUT2D eigenvalue weighted by molar-refractivity contribution is -0.384. The number of amides is 1. The Morgan fingerprint density at radius 3 is 2.71 bits per heavy atom. The van der Waals surface area contributed by atoms with Crippen LogP contribution in [0.15, 0.2) is 42.7 Å². The molecule has 0 radical (unpaired) electrons. The van der Waals surface area contributed by atoms with Gasteiger partial charge < -0.3 is 29.3 Å². The van der Waals surface area contributed by atoms with Gasteiger partial charge in [0.15, 0.2) is 0 Å². The van der Waals surface area contributed by atoms with Gasteiger partial charge in [-0.3, -0.25) is 14.9 Å². The second kappa shape index (κ2) is 10.7. The molecule has 1 amide bonds. The van der Waals surface area contributed by atoms with Gasteiger partial charge in [-0.25, -0.2) is 9.97 Å². The van der Waals surface area contributed by atoms with E-state index < -0.39 is 4.92 Å². The Labute approximate surface area is 236 Å². The standard InChI is InChI=1S/C28H29N9O4/c1-33(2)9-10-34(3)22-12-24(41-5)20(11-23(22)37(39)40)31-28-30-14-17(13-29)26(32-28)19-15-36-16-25(38)35(4)21-8-6-7-18(19)27(21)36/h6-8,11-12,14-15H,9-10,16H2,1-5H3,(H,30,31,32). The third kappa shape index (κ3) is 4.96. The average Bonchev–Trinajstić information content (AvgIpc) is 3.33. The first-order chi connectivity index (χ1) is 19.6. The number of ether oxygens (including phenoxy) is 1. The summed E-state index contributed by atoms with van der Waals surface area (Å²) in [4.78, 5) is 38.5. The van der Waals surface area contributed by atoms with Gasteiger partial charge in [-0.2, -0.15) is 5.26 Å². The van der Waals surface area contributed by atoms with E-state index in [2.05, 4.69) is 21.4 Å². The Balaban J connectivity index is 1.57. The van der Waals surface area contributed by atoms with Crippen molar-refractivity contribution >= 4 is 45.5 Å². The number of nitro benzene ring substituents is 1. The van der Waals surface area contributed by atoms with E-state index in [0.29, 0.717) is 41.5 Å². The molecule has 5 rings (SSSR count). The molecule has 13 nitrogen and oxygen atoms in total. The van der Waals surface area contributed by atoms with E-state index >= 15 is 0 Å². The number of nitriles is 1. The van der Waals surface area contributed by atoms with Gasteiger partial charge in [0.05, 0.1) is 46.4 Å². The highest BCUT2D eigenvalue weighted by molar-refractivity contribution is 6.10.